The third-order valence-electron chi connectivity index (χ3n) is 5.54. The average molecular weight is 395 g/mol. The quantitative estimate of drug-likeness (QED) is 0.645. The third kappa shape index (κ3) is 5.91. The predicted octanol–water partition coefficient (Wildman–Crippen LogP) is 3.22. The van der Waals surface area contributed by atoms with E-state index in [9.17, 15) is 9.59 Å². The fraction of sp³-hybridized carbons (Fsp3) is 0.417. The standard InChI is InChI=1S/C24H30N2O3/c1-3-19-7-10-21(11-8-19)23(27)18-25-13-15-26(16-14-25)24(28)12-9-20-5-4-6-22(17-20)29-2/h4-8,10-11,17H,3,9,12-16,18H2,1-2H3. The zero-order chi connectivity index (χ0) is 20.6. The maximum Gasteiger partial charge on any atom is 0.222 e. The van der Waals surface area contributed by atoms with E-state index in [1.165, 1.54) is 5.56 Å². The molecule has 0 N–H and O–H groups in total. The van der Waals surface area contributed by atoms with Gasteiger partial charge in [-0.25, -0.2) is 0 Å². The minimum absolute atomic E-state index is 0.144. The van der Waals surface area contributed by atoms with Crippen LogP contribution in [-0.4, -0.2) is 61.3 Å². The Labute approximate surface area is 173 Å². The minimum Gasteiger partial charge on any atom is -0.497 e. The molecule has 2 aromatic rings. The summed E-state index contributed by atoms with van der Waals surface area (Å²) in [6, 6.07) is 15.7. The van der Waals surface area contributed by atoms with Gasteiger partial charge in [-0.05, 0) is 36.1 Å². The zero-order valence-corrected chi connectivity index (χ0v) is 17.4. The summed E-state index contributed by atoms with van der Waals surface area (Å²) in [6.07, 6.45) is 2.18. The first-order valence-corrected chi connectivity index (χ1v) is 10.3. The van der Waals surface area contributed by atoms with Crippen molar-refractivity contribution in [1.29, 1.82) is 0 Å². The molecule has 0 bridgehead atoms. The maximum absolute atomic E-state index is 12.5. The Morgan fingerprint density at radius 2 is 1.69 bits per heavy atom. The van der Waals surface area contributed by atoms with Crippen molar-refractivity contribution < 1.29 is 14.3 Å². The van der Waals surface area contributed by atoms with Gasteiger partial charge in [0.25, 0.3) is 0 Å². The summed E-state index contributed by atoms with van der Waals surface area (Å²) in [5, 5.41) is 0. The smallest absolute Gasteiger partial charge is 0.222 e. The van der Waals surface area contributed by atoms with E-state index in [1.54, 1.807) is 7.11 Å². The lowest BCUT2D eigenvalue weighted by atomic mass is 10.1. The van der Waals surface area contributed by atoms with Crippen molar-refractivity contribution >= 4 is 11.7 Å². The number of ether oxygens (including phenoxy) is 1. The Bertz CT molecular complexity index is 824. The van der Waals surface area contributed by atoms with Crippen LogP contribution in [-0.2, 0) is 17.6 Å². The number of methoxy groups -OCH3 is 1. The van der Waals surface area contributed by atoms with Crippen molar-refractivity contribution in [3.8, 4) is 5.75 Å². The number of hydrogen-bond acceptors (Lipinski definition) is 4. The molecule has 3 rings (SSSR count). The van der Waals surface area contributed by atoms with Crippen molar-refractivity contribution in [2.75, 3.05) is 39.8 Å². The lowest BCUT2D eigenvalue weighted by molar-refractivity contribution is -0.132. The number of piperazine rings is 1. The summed E-state index contributed by atoms with van der Waals surface area (Å²) in [7, 11) is 1.65. The van der Waals surface area contributed by atoms with Crippen molar-refractivity contribution in [2.45, 2.75) is 26.2 Å². The lowest BCUT2D eigenvalue weighted by Crippen LogP contribution is -2.49. The Morgan fingerprint density at radius 3 is 2.34 bits per heavy atom. The van der Waals surface area contributed by atoms with Crippen molar-refractivity contribution in [1.82, 2.24) is 9.80 Å². The van der Waals surface area contributed by atoms with Gasteiger partial charge in [-0.1, -0.05) is 43.3 Å². The Balaban J connectivity index is 1.43. The van der Waals surface area contributed by atoms with Gasteiger partial charge in [0.2, 0.25) is 5.91 Å². The molecule has 0 radical (unpaired) electrons. The topological polar surface area (TPSA) is 49.9 Å². The van der Waals surface area contributed by atoms with E-state index in [0.29, 0.717) is 32.5 Å². The Hall–Kier alpha value is -2.66. The number of rotatable bonds is 8. The summed E-state index contributed by atoms with van der Waals surface area (Å²) < 4.78 is 5.24. The van der Waals surface area contributed by atoms with Gasteiger partial charge < -0.3 is 9.64 Å². The number of aryl methyl sites for hydroxylation is 2. The molecule has 1 fully saturated rings. The fourth-order valence-electron chi connectivity index (χ4n) is 3.61. The SMILES string of the molecule is CCc1ccc(C(=O)CN2CCN(C(=O)CCc3cccc(OC)c3)CC2)cc1. The molecular weight excluding hydrogens is 364 g/mol. The van der Waals surface area contributed by atoms with Crippen LogP contribution < -0.4 is 4.74 Å². The number of amides is 1. The van der Waals surface area contributed by atoms with Gasteiger partial charge in [0.05, 0.1) is 13.7 Å². The van der Waals surface area contributed by atoms with Crippen molar-refractivity contribution in [2.24, 2.45) is 0 Å². The van der Waals surface area contributed by atoms with E-state index < -0.39 is 0 Å². The second-order valence-corrected chi connectivity index (χ2v) is 7.48. The average Bonchev–Trinajstić information content (AvgIpc) is 2.78. The Morgan fingerprint density at radius 1 is 0.966 bits per heavy atom. The lowest BCUT2D eigenvalue weighted by Gasteiger charge is -2.34. The summed E-state index contributed by atoms with van der Waals surface area (Å²) in [4.78, 5) is 29.1. The molecule has 0 spiro atoms. The molecule has 1 amide bonds. The van der Waals surface area contributed by atoms with Crippen LogP contribution in [0.3, 0.4) is 0 Å². The summed E-state index contributed by atoms with van der Waals surface area (Å²) in [5.41, 5.74) is 3.11. The summed E-state index contributed by atoms with van der Waals surface area (Å²) in [5.74, 6) is 1.14. The second kappa shape index (κ2) is 10.2. The van der Waals surface area contributed by atoms with Gasteiger partial charge in [0.1, 0.15) is 5.75 Å². The first kappa shape index (κ1) is 21.1. The number of Topliss-reactive ketones (excluding diaryl/α,β-unsaturated/α-hetero) is 1. The number of ketones is 1. The number of carbonyl (C=O) groups is 2. The van der Waals surface area contributed by atoms with E-state index in [-0.39, 0.29) is 11.7 Å². The normalized spacial score (nSPS) is 14.6. The van der Waals surface area contributed by atoms with E-state index in [1.807, 2.05) is 53.4 Å². The van der Waals surface area contributed by atoms with Crippen molar-refractivity contribution in [3.63, 3.8) is 0 Å². The molecule has 0 atom stereocenters. The van der Waals surface area contributed by atoms with Gasteiger partial charge >= 0.3 is 0 Å². The molecule has 0 unspecified atom stereocenters. The highest BCUT2D eigenvalue weighted by Gasteiger charge is 2.22. The molecule has 2 aromatic carbocycles. The molecule has 154 valence electrons. The largest absolute Gasteiger partial charge is 0.497 e. The molecule has 5 heteroatoms. The molecule has 1 heterocycles. The molecule has 0 saturated carbocycles. The van der Waals surface area contributed by atoms with E-state index in [4.69, 9.17) is 4.74 Å². The van der Waals surface area contributed by atoms with Gasteiger partial charge in [-0.15, -0.1) is 0 Å². The molecule has 0 aliphatic carbocycles. The summed E-state index contributed by atoms with van der Waals surface area (Å²) in [6.45, 7) is 5.36. The van der Waals surface area contributed by atoms with Crippen LogP contribution in [0.1, 0.15) is 34.8 Å². The van der Waals surface area contributed by atoms with Crippen LogP contribution in [0, 0.1) is 0 Å². The zero-order valence-electron chi connectivity index (χ0n) is 17.4. The van der Waals surface area contributed by atoms with Crippen LogP contribution >= 0.6 is 0 Å². The minimum atomic E-state index is 0.144. The fourth-order valence-corrected chi connectivity index (χ4v) is 3.61. The van der Waals surface area contributed by atoms with E-state index >= 15 is 0 Å². The highest BCUT2D eigenvalue weighted by Crippen LogP contribution is 2.15. The molecule has 0 aromatic heterocycles. The molecule has 1 saturated heterocycles. The third-order valence-corrected chi connectivity index (χ3v) is 5.54. The van der Waals surface area contributed by atoms with Crippen molar-refractivity contribution in [3.05, 3.63) is 65.2 Å². The first-order valence-electron chi connectivity index (χ1n) is 10.3. The molecular formula is C24H30N2O3. The van der Waals surface area contributed by atoms with Gasteiger partial charge in [0.15, 0.2) is 5.78 Å². The molecule has 29 heavy (non-hydrogen) atoms. The number of benzene rings is 2. The highest BCUT2D eigenvalue weighted by atomic mass is 16.5. The van der Waals surface area contributed by atoms with Crippen LogP contribution in [0.4, 0.5) is 0 Å². The van der Waals surface area contributed by atoms with Gasteiger partial charge in [0, 0.05) is 38.2 Å². The monoisotopic (exact) mass is 394 g/mol. The highest BCUT2D eigenvalue weighted by molar-refractivity contribution is 5.97. The van der Waals surface area contributed by atoms with Crippen LogP contribution in [0.15, 0.2) is 48.5 Å². The van der Waals surface area contributed by atoms with Crippen LogP contribution in [0.5, 0.6) is 5.75 Å². The predicted molar refractivity (Wildman–Crippen MR) is 114 cm³/mol. The first-order chi connectivity index (χ1) is 14.1. The number of hydrogen-bond donors (Lipinski definition) is 0. The number of carbonyl (C=O) groups excluding carboxylic acids is 2. The van der Waals surface area contributed by atoms with E-state index in [2.05, 4.69) is 11.8 Å². The molecule has 1 aliphatic rings. The van der Waals surface area contributed by atoms with Gasteiger partial charge in [-0.3, -0.25) is 14.5 Å². The summed E-state index contributed by atoms with van der Waals surface area (Å²) >= 11 is 0. The van der Waals surface area contributed by atoms with Gasteiger partial charge in [-0.2, -0.15) is 0 Å². The molecule has 1 aliphatic heterocycles. The Kier molecular flexibility index (Phi) is 7.42. The van der Waals surface area contributed by atoms with Crippen LogP contribution in [0.25, 0.3) is 0 Å². The van der Waals surface area contributed by atoms with E-state index in [0.717, 1.165) is 36.4 Å². The maximum atomic E-state index is 12.5. The number of nitrogens with zero attached hydrogens (tertiary/aromatic N) is 2. The molecule has 5 nitrogen and oxygen atoms in total. The van der Waals surface area contributed by atoms with Crippen LogP contribution in [0.2, 0.25) is 0 Å². The second-order valence-electron chi connectivity index (χ2n) is 7.48.